The maximum absolute atomic E-state index is 12.3. The standard InChI is InChI=1S/C21H27NO2/c1-21(2,3)24-20(23)22-14-13-18-15-17(11-12-19(18)22)10-9-16-7-5-4-6-8-16/h9-16H,4-8H2,1-3H3/b10-9+. The molecule has 0 unspecified atom stereocenters. The van der Waals surface area contributed by atoms with Crippen molar-refractivity contribution in [1.82, 2.24) is 4.57 Å². The second kappa shape index (κ2) is 6.84. The Morgan fingerprint density at radius 3 is 2.62 bits per heavy atom. The van der Waals surface area contributed by atoms with Gasteiger partial charge >= 0.3 is 6.09 Å². The molecule has 1 saturated carbocycles. The molecule has 0 radical (unpaired) electrons. The van der Waals surface area contributed by atoms with Gasteiger partial charge in [-0.1, -0.05) is 37.5 Å². The molecule has 1 aliphatic carbocycles. The number of aromatic nitrogens is 1. The normalized spacial score (nSPS) is 16.8. The summed E-state index contributed by atoms with van der Waals surface area (Å²) in [5.41, 5.74) is 1.59. The fourth-order valence-electron chi connectivity index (χ4n) is 3.31. The number of hydrogen-bond donors (Lipinski definition) is 0. The van der Waals surface area contributed by atoms with Crippen LogP contribution in [0.2, 0.25) is 0 Å². The molecular weight excluding hydrogens is 298 g/mol. The van der Waals surface area contributed by atoms with Crippen LogP contribution in [-0.2, 0) is 4.74 Å². The fraction of sp³-hybridized carbons (Fsp3) is 0.476. The third kappa shape index (κ3) is 4.08. The van der Waals surface area contributed by atoms with E-state index in [0.717, 1.165) is 16.8 Å². The SMILES string of the molecule is CC(C)(C)OC(=O)n1ccc2cc(/C=C/C3CCCCC3)ccc21. The van der Waals surface area contributed by atoms with Gasteiger partial charge in [-0.3, -0.25) is 4.57 Å². The zero-order valence-corrected chi connectivity index (χ0v) is 14.9. The summed E-state index contributed by atoms with van der Waals surface area (Å²) in [7, 11) is 0. The van der Waals surface area contributed by atoms with E-state index in [0.29, 0.717) is 0 Å². The van der Waals surface area contributed by atoms with Crippen molar-refractivity contribution < 1.29 is 9.53 Å². The van der Waals surface area contributed by atoms with Gasteiger partial charge in [-0.25, -0.2) is 4.79 Å². The highest BCUT2D eigenvalue weighted by molar-refractivity contribution is 5.90. The minimum Gasteiger partial charge on any atom is -0.443 e. The summed E-state index contributed by atoms with van der Waals surface area (Å²) in [4.78, 5) is 12.3. The van der Waals surface area contributed by atoms with E-state index in [1.54, 1.807) is 10.8 Å². The monoisotopic (exact) mass is 325 g/mol. The van der Waals surface area contributed by atoms with Crippen molar-refractivity contribution >= 4 is 23.1 Å². The van der Waals surface area contributed by atoms with Crippen LogP contribution in [0.15, 0.2) is 36.5 Å². The number of hydrogen-bond acceptors (Lipinski definition) is 2. The quantitative estimate of drug-likeness (QED) is 0.676. The molecule has 0 aliphatic heterocycles. The molecule has 3 rings (SSSR count). The molecule has 3 heteroatoms. The Labute approximate surface area is 144 Å². The van der Waals surface area contributed by atoms with Crippen LogP contribution in [0, 0.1) is 5.92 Å². The zero-order chi connectivity index (χ0) is 17.2. The Morgan fingerprint density at radius 1 is 1.17 bits per heavy atom. The van der Waals surface area contributed by atoms with E-state index >= 15 is 0 Å². The second-order valence-corrected chi connectivity index (χ2v) is 7.74. The van der Waals surface area contributed by atoms with Gasteiger partial charge in [0.1, 0.15) is 5.60 Å². The van der Waals surface area contributed by atoms with Gasteiger partial charge in [-0.2, -0.15) is 0 Å². The molecule has 1 fully saturated rings. The molecule has 128 valence electrons. The maximum Gasteiger partial charge on any atom is 0.418 e. The van der Waals surface area contributed by atoms with E-state index < -0.39 is 5.60 Å². The highest BCUT2D eigenvalue weighted by Gasteiger charge is 2.18. The molecule has 0 saturated heterocycles. The van der Waals surface area contributed by atoms with Crippen LogP contribution < -0.4 is 0 Å². The molecule has 0 amide bonds. The minimum absolute atomic E-state index is 0.331. The first-order valence-electron chi connectivity index (χ1n) is 8.95. The van der Waals surface area contributed by atoms with Crippen LogP contribution in [0.5, 0.6) is 0 Å². The number of allylic oxidation sites excluding steroid dienone is 1. The van der Waals surface area contributed by atoms with E-state index in [1.807, 2.05) is 32.9 Å². The number of nitrogens with zero attached hydrogens (tertiary/aromatic N) is 1. The Balaban J connectivity index is 1.78. The Morgan fingerprint density at radius 2 is 1.92 bits per heavy atom. The van der Waals surface area contributed by atoms with Crippen molar-refractivity contribution in [2.24, 2.45) is 5.92 Å². The lowest BCUT2D eigenvalue weighted by Crippen LogP contribution is -2.26. The highest BCUT2D eigenvalue weighted by atomic mass is 16.6. The summed E-state index contributed by atoms with van der Waals surface area (Å²) in [5.74, 6) is 0.723. The number of fused-ring (bicyclic) bond motifs is 1. The predicted molar refractivity (Wildman–Crippen MR) is 99.2 cm³/mol. The molecule has 0 atom stereocenters. The van der Waals surface area contributed by atoms with Crippen molar-refractivity contribution in [3.05, 3.63) is 42.1 Å². The number of carbonyl (C=O) groups is 1. The summed E-state index contributed by atoms with van der Waals surface area (Å²) in [6.07, 6.45) is 12.7. The molecule has 1 aromatic carbocycles. The first kappa shape index (κ1) is 16.8. The molecule has 0 bridgehead atoms. The van der Waals surface area contributed by atoms with Gasteiger partial charge < -0.3 is 4.74 Å². The lowest BCUT2D eigenvalue weighted by Gasteiger charge is -2.19. The first-order valence-corrected chi connectivity index (χ1v) is 8.95. The summed E-state index contributed by atoms with van der Waals surface area (Å²) < 4.78 is 7.04. The molecule has 0 spiro atoms. The average Bonchev–Trinajstić information content (AvgIpc) is 2.95. The molecule has 24 heavy (non-hydrogen) atoms. The van der Waals surface area contributed by atoms with E-state index in [4.69, 9.17) is 4.74 Å². The zero-order valence-electron chi connectivity index (χ0n) is 14.9. The van der Waals surface area contributed by atoms with Crippen molar-refractivity contribution in [1.29, 1.82) is 0 Å². The Kier molecular flexibility index (Phi) is 4.79. The van der Waals surface area contributed by atoms with Gasteiger partial charge in [-0.05, 0) is 63.3 Å². The first-order chi connectivity index (χ1) is 11.4. The average molecular weight is 325 g/mol. The molecule has 1 heterocycles. The third-order valence-electron chi connectivity index (χ3n) is 4.52. The molecule has 0 N–H and O–H groups in total. The summed E-state index contributed by atoms with van der Waals surface area (Å²) in [5, 5.41) is 1.06. The number of carbonyl (C=O) groups excluding carboxylic acids is 1. The van der Waals surface area contributed by atoms with Crippen LogP contribution >= 0.6 is 0 Å². The van der Waals surface area contributed by atoms with Gasteiger partial charge in [-0.15, -0.1) is 0 Å². The smallest absolute Gasteiger partial charge is 0.418 e. The van der Waals surface area contributed by atoms with Crippen molar-refractivity contribution in [2.45, 2.75) is 58.5 Å². The number of ether oxygens (including phenoxy) is 1. The third-order valence-corrected chi connectivity index (χ3v) is 4.52. The van der Waals surface area contributed by atoms with Gasteiger partial charge in [0.15, 0.2) is 0 Å². The molecular formula is C21H27NO2. The van der Waals surface area contributed by atoms with E-state index in [2.05, 4.69) is 24.3 Å². The van der Waals surface area contributed by atoms with Gasteiger partial charge in [0.25, 0.3) is 0 Å². The Hall–Kier alpha value is -2.03. The minimum atomic E-state index is -0.490. The van der Waals surface area contributed by atoms with E-state index in [-0.39, 0.29) is 6.09 Å². The molecule has 2 aromatic rings. The van der Waals surface area contributed by atoms with Crippen molar-refractivity contribution in [2.75, 3.05) is 0 Å². The predicted octanol–water partition coefficient (Wildman–Crippen LogP) is 6.02. The topological polar surface area (TPSA) is 31.2 Å². The fourth-order valence-corrected chi connectivity index (χ4v) is 3.31. The second-order valence-electron chi connectivity index (χ2n) is 7.74. The number of benzene rings is 1. The molecule has 3 nitrogen and oxygen atoms in total. The summed E-state index contributed by atoms with van der Waals surface area (Å²) in [6.45, 7) is 5.64. The van der Waals surface area contributed by atoms with Gasteiger partial charge in [0.2, 0.25) is 0 Å². The van der Waals surface area contributed by atoms with Crippen LogP contribution in [-0.4, -0.2) is 16.3 Å². The largest absolute Gasteiger partial charge is 0.443 e. The summed E-state index contributed by atoms with van der Waals surface area (Å²) in [6, 6.07) is 8.18. The Bertz CT molecular complexity index is 743. The molecule has 1 aromatic heterocycles. The number of rotatable bonds is 2. The molecule has 1 aliphatic rings. The van der Waals surface area contributed by atoms with E-state index in [9.17, 15) is 4.79 Å². The van der Waals surface area contributed by atoms with Crippen LogP contribution in [0.3, 0.4) is 0 Å². The van der Waals surface area contributed by atoms with Crippen LogP contribution in [0.4, 0.5) is 4.79 Å². The van der Waals surface area contributed by atoms with Crippen molar-refractivity contribution in [3.63, 3.8) is 0 Å². The maximum atomic E-state index is 12.3. The van der Waals surface area contributed by atoms with Crippen molar-refractivity contribution in [3.8, 4) is 0 Å². The lowest BCUT2D eigenvalue weighted by molar-refractivity contribution is 0.0544. The van der Waals surface area contributed by atoms with Crippen LogP contribution in [0.25, 0.3) is 17.0 Å². The van der Waals surface area contributed by atoms with Crippen LogP contribution in [0.1, 0.15) is 58.4 Å². The summed E-state index contributed by atoms with van der Waals surface area (Å²) >= 11 is 0. The van der Waals surface area contributed by atoms with E-state index in [1.165, 1.54) is 37.7 Å². The highest BCUT2D eigenvalue weighted by Crippen LogP contribution is 2.26. The van der Waals surface area contributed by atoms with Gasteiger partial charge in [0, 0.05) is 11.6 Å². The van der Waals surface area contributed by atoms with Gasteiger partial charge in [0.05, 0.1) is 5.52 Å². The lowest BCUT2D eigenvalue weighted by atomic mass is 9.89.